The molecule has 0 aliphatic carbocycles. The molecule has 1 aliphatic rings. The van der Waals surface area contributed by atoms with Crippen LogP contribution in [0.4, 0.5) is 5.82 Å². The van der Waals surface area contributed by atoms with Crippen molar-refractivity contribution in [2.45, 2.75) is 32.2 Å². The number of rotatable bonds is 5. The Bertz CT molecular complexity index is 858. The topological polar surface area (TPSA) is 56.1 Å². The molecule has 0 amide bonds. The zero-order valence-corrected chi connectivity index (χ0v) is 15.5. The van der Waals surface area contributed by atoms with Crippen molar-refractivity contribution in [3.05, 3.63) is 35.5 Å². The molecule has 0 N–H and O–H groups in total. The number of fused-ring (bicyclic) bond motifs is 1. The van der Waals surface area contributed by atoms with Gasteiger partial charge < -0.3 is 14.2 Å². The van der Waals surface area contributed by atoms with Crippen LogP contribution >= 0.6 is 11.3 Å². The van der Waals surface area contributed by atoms with Crippen molar-refractivity contribution in [1.29, 1.82) is 0 Å². The van der Waals surface area contributed by atoms with E-state index < -0.39 is 0 Å². The van der Waals surface area contributed by atoms with Crippen molar-refractivity contribution in [3.63, 3.8) is 0 Å². The normalized spacial score (nSPS) is 18.2. The minimum Gasteiger partial charge on any atom is -0.383 e. The van der Waals surface area contributed by atoms with E-state index in [9.17, 15) is 0 Å². The summed E-state index contributed by atoms with van der Waals surface area (Å²) in [6, 6.07) is 0. The summed E-state index contributed by atoms with van der Waals surface area (Å²) in [6.45, 7) is 5.66. The number of methoxy groups -OCH3 is 1. The number of piperidine rings is 1. The molecule has 0 aromatic carbocycles. The highest BCUT2D eigenvalue weighted by molar-refractivity contribution is 7.18. The Labute approximate surface area is 151 Å². The van der Waals surface area contributed by atoms with E-state index in [1.807, 2.05) is 6.20 Å². The SMILES string of the molecule is COCCn1ccnc1[C@H]1CCCN(c2ncnc3c(C)csc23)C1. The van der Waals surface area contributed by atoms with E-state index in [0.717, 1.165) is 49.6 Å². The standard InChI is InChI=1S/C18H23N5OS/c1-13-11-25-16-15(13)20-12-21-18(16)23-6-3-4-14(10-23)17-19-5-7-22(17)8-9-24-2/h5,7,11-12,14H,3-4,6,8-10H2,1-2H3/t14-/m0/s1. The summed E-state index contributed by atoms with van der Waals surface area (Å²) in [4.78, 5) is 16.1. The summed E-state index contributed by atoms with van der Waals surface area (Å²) in [7, 11) is 1.74. The third kappa shape index (κ3) is 3.14. The summed E-state index contributed by atoms with van der Waals surface area (Å²) in [5.74, 6) is 2.66. The van der Waals surface area contributed by atoms with Crippen LogP contribution < -0.4 is 4.90 Å². The lowest BCUT2D eigenvalue weighted by atomic mass is 9.97. The van der Waals surface area contributed by atoms with Gasteiger partial charge in [-0.1, -0.05) is 0 Å². The van der Waals surface area contributed by atoms with E-state index in [-0.39, 0.29) is 0 Å². The van der Waals surface area contributed by atoms with E-state index in [0.29, 0.717) is 12.5 Å². The number of nitrogens with zero attached hydrogens (tertiary/aromatic N) is 5. The van der Waals surface area contributed by atoms with Gasteiger partial charge in [-0.15, -0.1) is 11.3 Å². The zero-order chi connectivity index (χ0) is 17.2. The lowest BCUT2D eigenvalue weighted by Crippen LogP contribution is -2.36. The maximum Gasteiger partial charge on any atom is 0.150 e. The van der Waals surface area contributed by atoms with Crippen LogP contribution in [0.3, 0.4) is 0 Å². The monoisotopic (exact) mass is 357 g/mol. The second-order valence-corrected chi connectivity index (χ2v) is 7.43. The Morgan fingerprint density at radius 3 is 3.12 bits per heavy atom. The molecular weight excluding hydrogens is 334 g/mol. The Morgan fingerprint density at radius 1 is 1.32 bits per heavy atom. The highest BCUT2D eigenvalue weighted by atomic mass is 32.1. The summed E-state index contributed by atoms with van der Waals surface area (Å²) in [6.07, 6.45) is 7.96. The maximum absolute atomic E-state index is 5.22. The van der Waals surface area contributed by atoms with E-state index in [2.05, 4.69) is 42.9 Å². The Kier molecular flexibility index (Phi) is 4.67. The molecule has 0 bridgehead atoms. The van der Waals surface area contributed by atoms with Crippen LogP contribution in [0.25, 0.3) is 10.2 Å². The van der Waals surface area contributed by atoms with Crippen LogP contribution in [-0.4, -0.2) is 46.3 Å². The van der Waals surface area contributed by atoms with Gasteiger partial charge in [-0.2, -0.15) is 0 Å². The average molecular weight is 357 g/mol. The van der Waals surface area contributed by atoms with Crippen molar-refractivity contribution < 1.29 is 4.74 Å². The maximum atomic E-state index is 5.22. The van der Waals surface area contributed by atoms with Gasteiger partial charge in [0.25, 0.3) is 0 Å². The van der Waals surface area contributed by atoms with Crippen LogP contribution in [0, 0.1) is 6.92 Å². The molecule has 25 heavy (non-hydrogen) atoms. The molecule has 3 aromatic rings. The van der Waals surface area contributed by atoms with Gasteiger partial charge >= 0.3 is 0 Å². The number of hydrogen-bond acceptors (Lipinski definition) is 6. The van der Waals surface area contributed by atoms with Crippen molar-refractivity contribution in [2.24, 2.45) is 0 Å². The first-order valence-electron chi connectivity index (χ1n) is 8.71. The van der Waals surface area contributed by atoms with E-state index in [1.54, 1.807) is 24.8 Å². The van der Waals surface area contributed by atoms with Crippen molar-refractivity contribution in [2.75, 3.05) is 31.7 Å². The van der Waals surface area contributed by atoms with Gasteiger partial charge in [0.1, 0.15) is 18.0 Å². The highest BCUT2D eigenvalue weighted by Crippen LogP contribution is 2.34. The smallest absolute Gasteiger partial charge is 0.150 e. The number of thiophene rings is 1. The molecule has 1 saturated heterocycles. The quantitative estimate of drug-likeness (QED) is 0.702. The lowest BCUT2D eigenvalue weighted by Gasteiger charge is -2.33. The van der Waals surface area contributed by atoms with Gasteiger partial charge in [-0.25, -0.2) is 15.0 Å². The van der Waals surface area contributed by atoms with Gasteiger partial charge in [0, 0.05) is 45.1 Å². The van der Waals surface area contributed by atoms with E-state index >= 15 is 0 Å². The predicted molar refractivity (Wildman–Crippen MR) is 100 cm³/mol. The predicted octanol–water partition coefficient (Wildman–Crippen LogP) is 3.23. The molecular formula is C18H23N5OS. The molecule has 0 unspecified atom stereocenters. The first-order valence-corrected chi connectivity index (χ1v) is 9.59. The first kappa shape index (κ1) is 16.5. The minimum atomic E-state index is 0.423. The molecule has 7 heteroatoms. The second kappa shape index (κ2) is 7.09. The largest absolute Gasteiger partial charge is 0.383 e. The van der Waals surface area contributed by atoms with Crippen molar-refractivity contribution in [3.8, 4) is 0 Å². The van der Waals surface area contributed by atoms with Crippen LogP contribution in [0.1, 0.15) is 30.1 Å². The number of aryl methyl sites for hydroxylation is 1. The molecule has 1 atom stereocenters. The third-order valence-electron chi connectivity index (χ3n) is 4.88. The molecule has 1 fully saturated rings. The summed E-state index contributed by atoms with van der Waals surface area (Å²) >= 11 is 1.74. The van der Waals surface area contributed by atoms with Gasteiger partial charge in [0.2, 0.25) is 0 Å². The zero-order valence-electron chi connectivity index (χ0n) is 14.7. The molecule has 3 aromatic heterocycles. The summed E-state index contributed by atoms with van der Waals surface area (Å²) < 4.78 is 8.65. The number of aromatic nitrogens is 4. The third-order valence-corrected chi connectivity index (χ3v) is 5.97. The number of ether oxygens (including phenoxy) is 1. The van der Waals surface area contributed by atoms with Gasteiger partial charge in [0.05, 0.1) is 16.8 Å². The highest BCUT2D eigenvalue weighted by Gasteiger charge is 2.27. The van der Waals surface area contributed by atoms with Gasteiger partial charge in [-0.3, -0.25) is 0 Å². The second-order valence-electron chi connectivity index (χ2n) is 6.55. The lowest BCUT2D eigenvalue weighted by molar-refractivity contribution is 0.185. The molecule has 4 heterocycles. The molecule has 132 valence electrons. The minimum absolute atomic E-state index is 0.423. The first-order chi connectivity index (χ1) is 12.3. The van der Waals surface area contributed by atoms with Crippen LogP contribution in [-0.2, 0) is 11.3 Å². The fraction of sp³-hybridized carbons (Fsp3) is 0.500. The van der Waals surface area contributed by atoms with Crippen LogP contribution in [0.15, 0.2) is 24.1 Å². The average Bonchev–Trinajstić information content (AvgIpc) is 3.27. The molecule has 6 nitrogen and oxygen atoms in total. The fourth-order valence-corrected chi connectivity index (χ4v) is 4.64. The molecule has 0 spiro atoms. The van der Waals surface area contributed by atoms with Crippen molar-refractivity contribution >= 4 is 27.4 Å². The number of hydrogen-bond donors (Lipinski definition) is 0. The summed E-state index contributed by atoms with van der Waals surface area (Å²) in [5.41, 5.74) is 2.31. The number of anilines is 1. The molecule has 4 rings (SSSR count). The van der Waals surface area contributed by atoms with Crippen molar-refractivity contribution in [1.82, 2.24) is 19.5 Å². The van der Waals surface area contributed by atoms with Crippen LogP contribution in [0.2, 0.25) is 0 Å². The van der Waals surface area contributed by atoms with E-state index in [1.165, 1.54) is 10.3 Å². The van der Waals surface area contributed by atoms with Gasteiger partial charge in [0.15, 0.2) is 0 Å². The summed E-state index contributed by atoms with van der Waals surface area (Å²) in [5, 5.41) is 2.17. The fourth-order valence-electron chi connectivity index (χ4n) is 3.62. The Morgan fingerprint density at radius 2 is 2.24 bits per heavy atom. The van der Waals surface area contributed by atoms with E-state index in [4.69, 9.17) is 4.74 Å². The van der Waals surface area contributed by atoms with Crippen LogP contribution in [0.5, 0.6) is 0 Å². The number of imidazole rings is 1. The molecule has 1 aliphatic heterocycles. The van der Waals surface area contributed by atoms with Gasteiger partial charge in [-0.05, 0) is 30.7 Å². The Balaban J connectivity index is 1.60. The molecule has 0 radical (unpaired) electrons. The molecule has 0 saturated carbocycles. The Hall–Kier alpha value is -1.99.